The summed E-state index contributed by atoms with van der Waals surface area (Å²) in [6.45, 7) is 8.19. The lowest BCUT2D eigenvalue weighted by Gasteiger charge is -2.16. The summed E-state index contributed by atoms with van der Waals surface area (Å²) in [6.07, 6.45) is 1.87. The number of carbonyl (C=O) groups excluding carboxylic acids is 1. The van der Waals surface area contributed by atoms with Gasteiger partial charge >= 0.3 is 0 Å². The van der Waals surface area contributed by atoms with Crippen molar-refractivity contribution in [1.29, 1.82) is 0 Å². The van der Waals surface area contributed by atoms with Crippen molar-refractivity contribution in [3.05, 3.63) is 64.7 Å². The molecule has 3 heteroatoms. The lowest BCUT2D eigenvalue weighted by Crippen LogP contribution is -2.36. The second kappa shape index (κ2) is 8.53. The molecule has 0 aliphatic heterocycles. The van der Waals surface area contributed by atoms with Gasteiger partial charge in [0, 0.05) is 6.04 Å². The predicted molar refractivity (Wildman–Crippen MR) is 98.5 cm³/mol. The van der Waals surface area contributed by atoms with Crippen molar-refractivity contribution < 1.29 is 9.53 Å². The molecular weight excluding hydrogens is 298 g/mol. The van der Waals surface area contributed by atoms with E-state index in [9.17, 15) is 4.79 Å². The van der Waals surface area contributed by atoms with Gasteiger partial charge in [0.15, 0.2) is 6.61 Å². The van der Waals surface area contributed by atoms with Gasteiger partial charge in [-0.2, -0.15) is 0 Å². The normalized spacial score (nSPS) is 11.8. The highest BCUT2D eigenvalue weighted by Gasteiger charge is 2.10. The molecule has 0 fully saturated rings. The van der Waals surface area contributed by atoms with E-state index in [1.807, 2.05) is 45.0 Å². The number of amides is 1. The number of ether oxygens (including phenoxy) is 1. The molecule has 3 nitrogen and oxygen atoms in total. The van der Waals surface area contributed by atoms with E-state index in [2.05, 4.69) is 30.4 Å². The zero-order chi connectivity index (χ0) is 17.5. The molecule has 24 heavy (non-hydrogen) atoms. The maximum absolute atomic E-state index is 12.1. The highest BCUT2D eigenvalue weighted by atomic mass is 16.5. The number of nitrogens with one attached hydrogen (secondary N) is 1. The molecule has 0 saturated heterocycles. The molecule has 2 aromatic carbocycles. The summed E-state index contributed by atoms with van der Waals surface area (Å²) in [7, 11) is 0. The molecule has 1 N–H and O–H groups in total. The fourth-order valence-electron chi connectivity index (χ4n) is 2.71. The van der Waals surface area contributed by atoms with Crippen LogP contribution in [0.4, 0.5) is 0 Å². The molecule has 0 aliphatic rings. The van der Waals surface area contributed by atoms with Gasteiger partial charge in [-0.1, -0.05) is 36.4 Å². The standard InChI is InChI=1S/C21H27NO2/c1-15-12-16(2)18(4)20(13-15)24-14-21(23)22-17(3)10-11-19-8-6-5-7-9-19/h5-9,12-13,17H,10-11,14H2,1-4H3,(H,22,23)/t17-/m0/s1. The Morgan fingerprint density at radius 2 is 1.83 bits per heavy atom. The summed E-state index contributed by atoms with van der Waals surface area (Å²) < 4.78 is 5.71. The van der Waals surface area contributed by atoms with Gasteiger partial charge in [-0.3, -0.25) is 4.79 Å². The Labute approximate surface area is 145 Å². The van der Waals surface area contributed by atoms with Crippen LogP contribution in [0.15, 0.2) is 42.5 Å². The molecule has 0 unspecified atom stereocenters. The van der Waals surface area contributed by atoms with Gasteiger partial charge in [0.2, 0.25) is 0 Å². The molecule has 0 spiro atoms. The Kier molecular flexibility index (Phi) is 6.42. The molecular formula is C21H27NO2. The van der Waals surface area contributed by atoms with E-state index in [0.717, 1.165) is 29.7 Å². The van der Waals surface area contributed by atoms with E-state index < -0.39 is 0 Å². The molecule has 128 valence electrons. The van der Waals surface area contributed by atoms with Gasteiger partial charge in [0.25, 0.3) is 5.91 Å². The Morgan fingerprint density at radius 3 is 2.54 bits per heavy atom. The fraction of sp³-hybridized carbons (Fsp3) is 0.381. The Balaban J connectivity index is 1.79. The summed E-state index contributed by atoms with van der Waals surface area (Å²) in [4.78, 5) is 12.1. The quantitative estimate of drug-likeness (QED) is 0.831. The third kappa shape index (κ3) is 5.41. The van der Waals surface area contributed by atoms with Crippen molar-refractivity contribution >= 4 is 5.91 Å². The first-order valence-corrected chi connectivity index (χ1v) is 8.49. The Hall–Kier alpha value is -2.29. The monoisotopic (exact) mass is 325 g/mol. The summed E-state index contributed by atoms with van der Waals surface area (Å²) in [5.41, 5.74) is 4.71. The zero-order valence-electron chi connectivity index (χ0n) is 15.1. The number of hydrogen-bond acceptors (Lipinski definition) is 2. The summed E-state index contributed by atoms with van der Waals surface area (Å²) >= 11 is 0. The molecule has 2 aromatic rings. The molecule has 0 bridgehead atoms. The Bertz CT molecular complexity index is 680. The van der Waals surface area contributed by atoms with Crippen LogP contribution in [0.2, 0.25) is 0 Å². The van der Waals surface area contributed by atoms with Crippen LogP contribution < -0.4 is 10.1 Å². The average molecular weight is 325 g/mol. The number of benzene rings is 2. The molecule has 0 aliphatic carbocycles. The van der Waals surface area contributed by atoms with Crippen molar-refractivity contribution in [2.75, 3.05) is 6.61 Å². The summed E-state index contributed by atoms with van der Waals surface area (Å²) in [5.74, 6) is 0.716. The number of rotatable bonds is 7. The number of hydrogen-bond donors (Lipinski definition) is 1. The van der Waals surface area contributed by atoms with Crippen molar-refractivity contribution in [3.63, 3.8) is 0 Å². The molecule has 2 rings (SSSR count). The lowest BCUT2D eigenvalue weighted by molar-refractivity contribution is -0.123. The zero-order valence-corrected chi connectivity index (χ0v) is 15.1. The molecule has 0 aromatic heterocycles. The van der Waals surface area contributed by atoms with Crippen LogP contribution in [0.25, 0.3) is 0 Å². The third-order valence-electron chi connectivity index (χ3n) is 4.24. The van der Waals surface area contributed by atoms with Crippen molar-refractivity contribution in [2.24, 2.45) is 0 Å². The first-order chi connectivity index (χ1) is 11.5. The number of carbonyl (C=O) groups is 1. The van der Waals surface area contributed by atoms with Gasteiger partial charge in [-0.25, -0.2) is 0 Å². The lowest BCUT2D eigenvalue weighted by atomic mass is 10.1. The minimum atomic E-state index is -0.0749. The van der Waals surface area contributed by atoms with Gasteiger partial charge in [0.05, 0.1) is 0 Å². The summed E-state index contributed by atoms with van der Waals surface area (Å²) in [6, 6.07) is 14.5. The highest BCUT2D eigenvalue weighted by Crippen LogP contribution is 2.23. The third-order valence-corrected chi connectivity index (χ3v) is 4.24. The van der Waals surface area contributed by atoms with Gasteiger partial charge in [-0.15, -0.1) is 0 Å². The Morgan fingerprint density at radius 1 is 1.12 bits per heavy atom. The number of aryl methyl sites for hydroxylation is 3. The summed E-state index contributed by atoms with van der Waals surface area (Å²) in [5, 5.41) is 3.01. The van der Waals surface area contributed by atoms with Gasteiger partial charge in [0.1, 0.15) is 5.75 Å². The molecule has 0 heterocycles. The predicted octanol–water partition coefficient (Wildman–Crippen LogP) is 4.13. The van der Waals surface area contributed by atoms with E-state index in [1.165, 1.54) is 11.1 Å². The van der Waals surface area contributed by atoms with Crippen LogP contribution in [0.1, 0.15) is 35.6 Å². The maximum Gasteiger partial charge on any atom is 0.258 e. The fourth-order valence-corrected chi connectivity index (χ4v) is 2.71. The van der Waals surface area contributed by atoms with E-state index in [1.54, 1.807) is 0 Å². The van der Waals surface area contributed by atoms with Crippen LogP contribution in [0.5, 0.6) is 5.75 Å². The molecule has 1 amide bonds. The van der Waals surface area contributed by atoms with E-state index in [4.69, 9.17) is 4.74 Å². The minimum Gasteiger partial charge on any atom is -0.483 e. The van der Waals surface area contributed by atoms with Crippen molar-refractivity contribution in [1.82, 2.24) is 5.32 Å². The van der Waals surface area contributed by atoms with Crippen molar-refractivity contribution in [2.45, 2.75) is 46.6 Å². The van der Waals surface area contributed by atoms with Crippen LogP contribution in [0, 0.1) is 20.8 Å². The SMILES string of the molecule is Cc1cc(C)c(C)c(OCC(=O)N[C@@H](C)CCc2ccccc2)c1. The van der Waals surface area contributed by atoms with Crippen LogP contribution in [-0.4, -0.2) is 18.6 Å². The second-order valence-electron chi connectivity index (χ2n) is 6.49. The smallest absolute Gasteiger partial charge is 0.258 e. The van der Waals surface area contributed by atoms with Gasteiger partial charge < -0.3 is 10.1 Å². The molecule has 1 atom stereocenters. The first kappa shape index (κ1) is 18.1. The van der Waals surface area contributed by atoms with E-state index in [0.29, 0.717) is 0 Å². The van der Waals surface area contributed by atoms with E-state index >= 15 is 0 Å². The van der Waals surface area contributed by atoms with Crippen LogP contribution in [0.3, 0.4) is 0 Å². The maximum atomic E-state index is 12.1. The topological polar surface area (TPSA) is 38.3 Å². The minimum absolute atomic E-state index is 0.0550. The largest absolute Gasteiger partial charge is 0.483 e. The molecule has 0 saturated carbocycles. The second-order valence-corrected chi connectivity index (χ2v) is 6.49. The van der Waals surface area contributed by atoms with Gasteiger partial charge in [-0.05, 0) is 68.9 Å². The highest BCUT2D eigenvalue weighted by molar-refractivity contribution is 5.77. The van der Waals surface area contributed by atoms with Crippen LogP contribution in [-0.2, 0) is 11.2 Å². The van der Waals surface area contributed by atoms with Crippen LogP contribution >= 0.6 is 0 Å². The van der Waals surface area contributed by atoms with E-state index in [-0.39, 0.29) is 18.6 Å². The molecule has 0 radical (unpaired) electrons. The van der Waals surface area contributed by atoms with Crippen molar-refractivity contribution in [3.8, 4) is 5.75 Å². The first-order valence-electron chi connectivity index (χ1n) is 8.49. The average Bonchev–Trinajstić information content (AvgIpc) is 2.56.